The number of aromatic nitrogens is 4. The summed E-state index contributed by atoms with van der Waals surface area (Å²) in [5.74, 6) is 0.665. The first-order valence-corrected chi connectivity index (χ1v) is 8.17. The maximum atomic E-state index is 4.15. The van der Waals surface area contributed by atoms with E-state index in [2.05, 4.69) is 89.3 Å². The summed E-state index contributed by atoms with van der Waals surface area (Å²) < 4.78 is 1.82. The molecule has 0 bridgehead atoms. The first kappa shape index (κ1) is 14.6. The second kappa shape index (κ2) is 5.92. The van der Waals surface area contributed by atoms with Crippen molar-refractivity contribution in [1.29, 1.82) is 0 Å². The standard InChI is InChI=1S/C19H19N5/c1-3-14-7-9-15(10-8-14)17-12-18(16-6-4-5-13(2)11-16)24-19(20-17)21-22-23-24/h4-12,18H,3H2,1-2H3,(H,20,21,23)/t18-/m0/s1. The minimum absolute atomic E-state index is 0.0167. The molecule has 1 atom stereocenters. The Morgan fingerprint density at radius 3 is 2.71 bits per heavy atom. The summed E-state index contributed by atoms with van der Waals surface area (Å²) in [6.07, 6.45) is 3.22. The highest BCUT2D eigenvalue weighted by Gasteiger charge is 2.24. The molecule has 5 nitrogen and oxygen atoms in total. The van der Waals surface area contributed by atoms with Gasteiger partial charge >= 0.3 is 0 Å². The summed E-state index contributed by atoms with van der Waals surface area (Å²) in [6.45, 7) is 4.26. The fourth-order valence-electron chi connectivity index (χ4n) is 3.03. The number of hydrogen-bond donors (Lipinski definition) is 1. The van der Waals surface area contributed by atoms with Crippen LogP contribution >= 0.6 is 0 Å². The Hall–Kier alpha value is -2.95. The van der Waals surface area contributed by atoms with E-state index >= 15 is 0 Å². The van der Waals surface area contributed by atoms with Gasteiger partial charge in [0.05, 0.1) is 0 Å². The number of aryl methyl sites for hydroxylation is 2. The van der Waals surface area contributed by atoms with Crippen LogP contribution in [-0.4, -0.2) is 20.2 Å². The molecule has 0 aliphatic carbocycles. The monoisotopic (exact) mass is 317 g/mol. The molecular formula is C19H19N5. The zero-order valence-corrected chi connectivity index (χ0v) is 13.8. The van der Waals surface area contributed by atoms with Crippen molar-refractivity contribution in [1.82, 2.24) is 20.2 Å². The van der Waals surface area contributed by atoms with Gasteiger partial charge in [0.1, 0.15) is 6.04 Å². The Labute approximate surface area is 141 Å². The fourth-order valence-corrected chi connectivity index (χ4v) is 3.03. The Bertz CT molecular complexity index is 892. The van der Waals surface area contributed by atoms with E-state index in [0.29, 0.717) is 5.95 Å². The van der Waals surface area contributed by atoms with Gasteiger partial charge in [-0.15, -0.1) is 0 Å². The van der Waals surface area contributed by atoms with Gasteiger partial charge < -0.3 is 5.32 Å². The van der Waals surface area contributed by atoms with Crippen LogP contribution in [0.1, 0.15) is 35.2 Å². The van der Waals surface area contributed by atoms with Crippen molar-refractivity contribution in [2.24, 2.45) is 0 Å². The van der Waals surface area contributed by atoms with Crippen molar-refractivity contribution in [3.63, 3.8) is 0 Å². The molecule has 0 saturated heterocycles. The van der Waals surface area contributed by atoms with Gasteiger partial charge in [-0.1, -0.05) is 66.1 Å². The zero-order chi connectivity index (χ0) is 16.5. The average molecular weight is 317 g/mol. The van der Waals surface area contributed by atoms with E-state index < -0.39 is 0 Å². The minimum Gasteiger partial charge on any atom is -0.323 e. The molecule has 2 heterocycles. The van der Waals surface area contributed by atoms with Crippen molar-refractivity contribution in [3.8, 4) is 0 Å². The molecule has 2 aromatic carbocycles. The van der Waals surface area contributed by atoms with E-state index in [9.17, 15) is 0 Å². The van der Waals surface area contributed by atoms with Crippen LogP contribution in [0.25, 0.3) is 5.70 Å². The molecule has 0 fully saturated rings. The van der Waals surface area contributed by atoms with Crippen LogP contribution in [-0.2, 0) is 6.42 Å². The Morgan fingerprint density at radius 1 is 1.12 bits per heavy atom. The summed E-state index contributed by atoms with van der Waals surface area (Å²) in [6, 6.07) is 17.1. The number of allylic oxidation sites excluding steroid dienone is 1. The molecule has 0 radical (unpaired) electrons. The van der Waals surface area contributed by atoms with Gasteiger partial charge in [0, 0.05) is 5.70 Å². The number of nitrogens with zero attached hydrogens (tertiary/aromatic N) is 4. The average Bonchev–Trinajstić information content (AvgIpc) is 3.09. The van der Waals surface area contributed by atoms with Crippen molar-refractivity contribution in [3.05, 3.63) is 76.9 Å². The quantitative estimate of drug-likeness (QED) is 0.802. The third-order valence-corrected chi connectivity index (χ3v) is 4.38. The van der Waals surface area contributed by atoms with Crippen molar-refractivity contribution in [2.75, 3.05) is 5.32 Å². The maximum Gasteiger partial charge on any atom is 0.248 e. The maximum absolute atomic E-state index is 4.15. The number of tetrazole rings is 1. The number of benzene rings is 2. The lowest BCUT2D eigenvalue weighted by Gasteiger charge is -2.23. The third kappa shape index (κ3) is 2.58. The van der Waals surface area contributed by atoms with Gasteiger partial charge in [0.15, 0.2) is 0 Å². The second-order valence-corrected chi connectivity index (χ2v) is 6.06. The smallest absolute Gasteiger partial charge is 0.248 e. The predicted octanol–water partition coefficient (Wildman–Crippen LogP) is 3.60. The van der Waals surface area contributed by atoms with Gasteiger partial charge in [0.2, 0.25) is 5.95 Å². The molecule has 5 heteroatoms. The van der Waals surface area contributed by atoms with E-state index in [4.69, 9.17) is 0 Å². The molecule has 1 aliphatic heterocycles. The molecule has 3 aromatic rings. The summed E-state index contributed by atoms with van der Waals surface area (Å²) >= 11 is 0. The molecule has 0 unspecified atom stereocenters. The molecule has 1 N–H and O–H groups in total. The van der Waals surface area contributed by atoms with Crippen LogP contribution in [0, 0.1) is 6.92 Å². The zero-order valence-electron chi connectivity index (χ0n) is 13.8. The highest BCUT2D eigenvalue weighted by molar-refractivity contribution is 5.77. The van der Waals surface area contributed by atoms with E-state index in [1.165, 1.54) is 16.7 Å². The van der Waals surface area contributed by atoms with E-state index in [1.807, 2.05) is 4.68 Å². The first-order valence-electron chi connectivity index (χ1n) is 8.17. The molecule has 24 heavy (non-hydrogen) atoms. The molecule has 0 spiro atoms. The second-order valence-electron chi connectivity index (χ2n) is 6.06. The highest BCUT2D eigenvalue weighted by Crippen LogP contribution is 2.31. The van der Waals surface area contributed by atoms with Gasteiger partial charge in [-0.05, 0) is 46.5 Å². The minimum atomic E-state index is -0.0167. The van der Waals surface area contributed by atoms with Gasteiger partial charge in [-0.2, -0.15) is 4.68 Å². The van der Waals surface area contributed by atoms with Crippen LogP contribution in [0.3, 0.4) is 0 Å². The van der Waals surface area contributed by atoms with Gasteiger partial charge in [-0.3, -0.25) is 0 Å². The fraction of sp³-hybridized carbons (Fsp3) is 0.211. The summed E-state index contributed by atoms with van der Waals surface area (Å²) in [7, 11) is 0. The van der Waals surface area contributed by atoms with Crippen molar-refractivity contribution in [2.45, 2.75) is 26.3 Å². The summed E-state index contributed by atoms with van der Waals surface area (Å²) in [5, 5.41) is 15.4. The lowest BCUT2D eigenvalue weighted by Crippen LogP contribution is -2.20. The molecule has 0 amide bonds. The van der Waals surface area contributed by atoms with Gasteiger partial charge in [-0.25, -0.2) is 0 Å². The Balaban J connectivity index is 1.78. The van der Waals surface area contributed by atoms with Crippen molar-refractivity contribution < 1.29 is 0 Å². The molecular weight excluding hydrogens is 298 g/mol. The third-order valence-electron chi connectivity index (χ3n) is 4.38. The van der Waals surface area contributed by atoms with Gasteiger partial charge in [0.25, 0.3) is 0 Å². The number of anilines is 1. The van der Waals surface area contributed by atoms with Crippen LogP contribution in [0.5, 0.6) is 0 Å². The molecule has 1 aromatic heterocycles. The number of rotatable bonds is 3. The van der Waals surface area contributed by atoms with Crippen LogP contribution < -0.4 is 5.32 Å². The first-order chi connectivity index (χ1) is 11.7. The summed E-state index contributed by atoms with van der Waals surface area (Å²) in [5.41, 5.74) is 5.90. The normalized spacial score (nSPS) is 16.2. The molecule has 0 saturated carbocycles. The lowest BCUT2D eigenvalue weighted by atomic mass is 9.99. The van der Waals surface area contributed by atoms with Crippen LogP contribution in [0.2, 0.25) is 0 Å². The predicted molar refractivity (Wildman–Crippen MR) is 94.6 cm³/mol. The summed E-state index contributed by atoms with van der Waals surface area (Å²) in [4.78, 5) is 0. The largest absolute Gasteiger partial charge is 0.323 e. The molecule has 4 rings (SSSR count). The van der Waals surface area contributed by atoms with Crippen LogP contribution in [0.4, 0.5) is 5.95 Å². The number of nitrogens with one attached hydrogen (secondary N) is 1. The topological polar surface area (TPSA) is 55.6 Å². The van der Waals surface area contributed by atoms with E-state index in [1.54, 1.807) is 0 Å². The van der Waals surface area contributed by atoms with Crippen molar-refractivity contribution >= 4 is 11.6 Å². The Kier molecular flexibility index (Phi) is 3.61. The highest BCUT2D eigenvalue weighted by atomic mass is 15.6. The van der Waals surface area contributed by atoms with Crippen LogP contribution in [0.15, 0.2) is 54.6 Å². The SMILES string of the molecule is CCc1ccc(C2=C[C@@H](c3cccc(C)c3)n3nnnc3N2)cc1. The van der Waals surface area contributed by atoms with E-state index in [-0.39, 0.29) is 6.04 Å². The number of fused-ring (bicyclic) bond motifs is 1. The number of hydrogen-bond acceptors (Lipinski definition) is 4. The molecule has 120 valence electrons. The van der Waals surface area contributed by atoms with E-state index in [0.717, 1.165) is 17.7 Å². The molecule has 1 aliphatic rings. The lowest BCUT2D eigenvalue weighted by molar-refractivity contribution is 0.585. The Morgan fingerprint density at radius 2 is 1.96 bits per heavy atom.